The summed E-state index contributed by atoms with van der Waals surface area (Å²) >= 11 is 0. The summed E-state index contributed by atoms with van der Waals surface area (Å²) in [7, 11) is 3.31. The van der Waals surface area contributed by atoms with Crippen LogP contribution in [-0.2, 0) is 0 Å². The number of hydrogen-bond donors (Lipinski definition) is 1. The van der Waals surface area contributed by atoms with E-state index in [0.29, 0.717) is 6.54 Å². The fourth-order valence-corrected chi connectivity index (χ4v) is 2.55. The Hall–Kier alpha value is -1.26. The molecule has 114 valence electrons. The largest absolute Gasteiger partial charge is 0.493 e. The molecule has 1 rings (SSSR count). The smallest absolute Gasteiger partial charge is 0.161 e. The first-order valence-electron chi connectivity index (χ1n) is 7.37. The lowest BCUT2D eigenvalue weighted by atomic mass is 10.0. The molecule has 0 saturated heterocycles. The van der Waals surface area contributed by atoms with Crippen molar-refractivity contribution in [2.75, 3.05) is 33.9 Å². The topological polar surface area (TPSA) is 47.7 Å². The second-order valence-corrected chi connectivity index (χ2v) is 4.90. The lowest BCUT2D eigenvalue weighted by Crippen LogP contribution is -2.35. The Bertz CT molecular complexity index is 390. The molecular formula is C16H28N2O2. The van der Waals surface area contributed by atoms with Crippen LogP contribution in [0.2, 0.25) is 0 Å². The van der Waals surface area contributed by atoms with Gasteiger partial charge in [0, 0.05) is 12.6 Å². The Morgan fingerprint density at radius 1 is 1.05 bits per heavy atom. The van der Waals surface area contributed by atoms with E-state index in [0.717, 1.165) is 37.4 Å². The predicted octanol–water partition coefficient (Wildman–Crippen LogP) is 2.83. The molecule has 1 aromatic carbocycles. The van der Waals surface area contributed by atoms with Crippen LogP contribution in [-0.4, -0.2) is 38.8 Å². The van der Waals surface area contributed by atoms with Crippen molar-refractivity contribution in [1.29, 1.82) is 0 Å². The number of nitrogens with zero attached hydrogens (tertiary/aromatic N) is 1. The van der Waals surface area contributed by atoms with E-state index in [4.69, 9.17) is 15.2 Å². The average molecular weight is 280 g/mol. The third kappa shape index (κ3) is 4.12. The molecule has 20 heavy (non-hydrogen) atoms. The zero-order valence-corrected chi connectivity index (χ0v) is 13.2. The summed E-state index contributed by atoms with van der Waals surface area (Å²) in [5.74, 6) is 1.51. The third-order valence-corrected chi connectivity index (χ3v) is 3.48. The molecule has 2 N–H and O–H groups in total. The number of nitrogens with two attached hydrogens (primary N) is 1. The van der Waals surface area contributed by atoms with Crippen LogP contribution in [0.4, 0.5) is 0 Å². The standard InChI is InChI=1S/C16H28N2O2/c1-5-9-18(10-6-2)14(12-17)13-7-8-15(19-3)16(11-13)20-4/h7-8,11,14H,5-6,9-10,12,17H2,1-4H3. The maximum Gasteiger partial charge on any atom is 0.161 e. The minimum Gasteiger partial charge on any atom is -0.493 e. The van der Waals surface area contributed by atoms with E-state index in [9.17, 15) is 0 Å². The predicted molar refractivity (Wildman–Crippen MR) is 83.5 cm³/mol. The van der Waals surface area contributed by atoms with Crippen molar-refractivity contribution >= 4 is 0 Å². The van der Waals surface area contributed by atoms with Crippen molar-refractivity contribution in [3.8, 4) is 11.5 Å². The molecule has 0 fully saturated rings. The molecular weight excluding hydrogens is 252 g/mol. The van der Waals surface area contributed by atoms with Crippen LogP contribution in [0.3, 0.4) is 0 Å². The minimum atomic E-state index is 0.231. The quantitative estimate of drug-likeness (QED) is 0.755. The summed E-state index contributed by atoms with van der Waals surface area (Å²) in [5.41, 5.74) is 7.20. The Kier molecular flexibility index (Phi) is 7.41. The maximum atomic E-state index is 6.01. The monoisotopic (exact) mass is 280 g/mol. The van der Waals surface area contributed by atoms with E-state index < -0.39 is 0 Å². The van der Waals surface area contributed by atoms with Crippen LogP contribution < -0.4 is 15.2 Å². The zero-order chi connectivity index (χ0) is 15.0. The van der Waals surface area contributed by atoms with Crippen molar-refractivity contribution in [3.63, 3.8) is 0 Å². The molecule has 4 nitrogen and oxygen atoms in total. The molecule has 0 aliphatic carbocycles. The summed E-state index contributed by atoms with van der Waals surface area (Å²) in [6.07, 6.45) is 2.26. The highest BCUT2D eigenvalue weighted by molar-refractivity contribution is 5.43. The third-order valence-electron chi connectivity index (χ3n) is 3.48. The molecule has 0 aromatic heterocycles. The van der Waals surface area contributed by atoms with Crippen LogP contribution in [0.5, 0.6) is 11.5 Å². The van der Waals surface area contributed by atoms with Gasteiger partial charge in [-0.05, 0) is 43.6 Å². The lowest BCUT2D eigenvalue weighted by Gasteiger charge is -2.31. The van der Waals surface area contributed by atoms with Crippen LogP contribution in [0.1, 0.15) is 38.3 Å². The van der Waals surface area contributed by atoms with Crippen molar-refractivity contribution < 1.29 is 9.47 Å². The Balaban J connectivity index is 3.03. The molecule has 0 heterocycles. The van der Waals surface area contributed by atoms with Gasteiger partial charge in [0.05, 0.1) is 14.2 Å². The van der Waals surface area contributed by atoms with Crippen molar-refractivity contribution in [3.05, 3.63) is 23.8 Å². The number of rotatable bonds is 9. The van der Waals surface area contributed by atoms with Crippen LogP contribution in [0, 0.1) is 0 Å². The van der Waals surface area contributed by atoms with Crippen molar-refractivity contribution in [1.82, 2.24) is 4.90 Å². The van der Waals surface area contributed by atoms with Gasteiger partial charge in [-0.3, -0.25) is 4.90 Å². The first-order chi connectivity index (χ1) is 9.71. The molecule has 1 unspecified atom stereocenters. The molecule has 0 aliphatic heterocycles. The van der Waals surface area contributed by atoms with E-state index in [1.54, 1.807) is 14.2 Å². The fourth-order valence-electron chi connectivity index (χ4n) is 2.55. The van der Waals surface area contributed by atoms with E-state index in [-0.39, 0.29) is 6.04 Å². The first kappa shape index (κ1) is 16.8. The highest BCUT2D eigenvalue weighted by atomic mass is 16.5. The van der Waals surface area contributed by atoms with E-state index in [2.05, 4.69) is 24.8 Å². The van der Waals surface area contributed by atoms with Gasteiger partial charge in [0.2, 0.25) is 0 Å². The highest BCUT2D eigenvalue weighted by Crippen LogP contribution is 2.31. The molecule has 1 aromatic rings. The normalized spacial score (nSPS) is 12.5. The van der Waals surface area contributed by atoms with Gasteiger partial charge >= 0.3 is 0 Å². The van der Waals surface area contributed by atoms with Gasteiger partial charge < -0.3 is 15.2 Å². The summed E-state index contributed by atoms with van der Waals surface area (Å²) in [6, 6.07) is 6.30. The zero-order valence-electron chi connectivity index (χ0n) is 13.2. The number of benzene rings is 1. The van der Waals surface area contributed by atoms with Gasteiger partial charge in [0.15, 0.2) is 11.5 Å². The molecule has 0 radical (unpaired) electrons. The SMILES string of the molecule is CCCN(CCC)C(CN)c1ccc(OC)c(OC)c1. The average Bonchev–Trinajstić information content (AvgIpc) is 2.48. The second-order valence-electron chi connectivity index (χ2n) is 4.90. The summed E-state index contributed by atoms with van der Waals surface area (Å²) in [4.78, 5) is 2.45. The summed E-state index contributed by atoms with van der Waals surface area (Å²) in [6.45, 7) is 7.12. The van der Waals surface area contributed by atoms with Gasteiger partial charge in [-0.15, -0.1) is 0 Å². The Labute approximate surface area is 122 Å². The first-order valence-corrected chi connectivity index (χ1v) is 7.37. The van der Waals surface area contributed by atoms with E-state index >= 15 is 0 Å². The number of methoxy groups -OCH3 is 2. The Morgan fingerprint density at radius 3 is 2.10 bits per heavy atom. The van der Waals surface area contributed by atoms with Gasteiger partial charge in [0.25, 0.3) is 0 Å². The van der Waals surface area contributed by atoms with E-state index in [1.807, 2.05) is 12.1 Å². The Morgan fingerprint density at radius 2 is 1.65 bits per heavy atom. The number of ether oxygens (including phenoxy) is 2. The molecule has 0 saturated carbocycles. The van der Waals surface area contributed by atoms with Gasteiger partial charge in [-0.2, -0.15) is 0 Å². The van der Waals surface area contributed by atoms with E-state index in [1.165, 1.54) is 5.56 Å². The molecule has 0 aliphatic rings. The molecule has 0 amide bonds. The lowest BCUT2D eigenvalue weighted by molar-refractivity contribution is 0.201. The van der Waals surface area contributed by atoms with Crippen LogP contribution in [0.25, 0.3) is 0 Å². The fraction of sp³-hybridized carbons (Fsp3) is 0.625. The van der Waals surface area contributed by atoms with Gasteiger partial charge in [-0.1, -0.05) is 19.9 Å². The summed E-state index contributed by atoms with van der Waals surface area (Å²) in [5, 5.41) is 0. The van der Waals surface area contributed by atoms with Crippen molar-refractivity contribution in [2.45, 2.75) is 32.7 Å². The van der Waals surface area contributed by atoms with Crippen molar-refractivity contribution in [2.24, 2.45) is 5.73 Å². The molecule has 0 spiro atoms. The van der Waals surface area contributed by atoms with Gasteiger partial charge in [0.1, 0.15) is 0 Å². The van der Waals surface area contributed by atoms with Crippen LogP contribution >= 0.6 is 0 Å². The summed E-state index contributed by atoms with van der Waals surface area (Å²) < 4.78 is 10.7. The second kappa shape index (κ2) is 8.82. The highest BCUT2D eigenvalue weighted by Gasteiger charge is 2.19. The van der Waals surface area contributed by atoms with Gasteiger partial charge in [-0.25, -0.2) is 0 Å². The molecule has 1 atom stereocenters. The minimum absolute atomic E-state index is 0.231. The molecule has 0 bridgehead atoms. The molecule has 4 heteroatoms. The maximum absolute atomic E-state index is 6.01. The van der Waals surface area contributed by atoms with Crippen LogP contribution in [0.15, 0.2) is 18.2 Å². The number of hydrogen-bond acceptors (Lipinski definition) is 4.